The first kappa shape index (κ1) is 12.7. The van der Waals surface area contributed by atoms with Gasteiger partial charge >= 0.3 is 5.97 Å². The zero-order chi connectivity index (χ0) is 9.19. The predicted molar refractivity (Wildman–Crippen MR) is 53.9 cm³/mol. The van der Waals surface area contributed by atoms with Gasteiger partial charge in [0, 0.05) is 13.0 Å². The Kier molecular flexibility index (Phi) is 4.71. The van der Waals surface area contributed by atoms with Crippen molar-refractivity contribution < 1.29 is 9.53 Å². The number of hydrogen-bond donors (Lipinski definition) is 1. The standard InChI is InChI=1S/C9H17NO2.ClH/c1-7(11)12-9(2)6-4-3-5-8(9)10;/h8H,3-6,10H2,1-2H3;1H. The second-order valence-electron chi connectivity index (χ2n) is 3.76. The van der Waals surface area contributed by atoms with Crippen LogP contribution >= 0.6 is 12.4 Å². The number of halogens is 1. The molecule has 2 unspecified atom stereocenters. The summed E-state index contributed by atoms with van der Waals surface area (Å²) in [5.74, 6) is -0.227. The topological polar surface area (TPSA) is 52.3 Å². The number of esters is 1. The lowest BCUT2D eigenvalue weighted by Crippen LogP contribution is -2.50. The molecule has 0 aliphatic heterocycles. The van der Waals surface area contributed by atoms with E-state index in [-0.39, 0.29) is 24.4 Å². The van der Waals surface area contributed by atoms with E-state index in [1.807, 2.05) is 6.92 Å². The normalized spacial score (nSPS) is 33.3. The van der Waals surface area contributed by atoms with E-state index in [2.05, 4.69) is 0 Å². The van der Waals surface area contributed by atoms with Crippen LogP contribution in [0, 0.1) is 0 Å². The van der Waals surface area contributed by atoms with Crippen LogP contribution in [0.2, 0.25) is 0 Å². The molecule has 0 saturated heterocycles. The molecule has 0 radical (unpaired) electrons. The molecule has 1 aliphatic carbocycles. The summed E-state index contributed by atoms with van der Waals surface area (Å²) in [5, 5.41) is 0. The zero-order valence-corrected chi connectivity index (χ0v) is 9.02. The molecule has 78 valence electrons. The van der Waals surface area contributed by atoms with Gasteiger partial charge in [0.2, 0.25) is 0 Å². The molecule has 0 bridgehead atoms. The summed E-state index contributed by atoms with van der Waals surface area (Å²) in [4.78, 5) is 10.8. The van der Waals surface area contributed by atoms with E-state index in [1.54, 1.807) is 0 Å². The third-order valence-electron chi connectivity index (χ3n) is 2.60. The monoisotopic (exact) mass is 207 g/mol. The van der Waals surface area contributed by atoms with Crippen LogP contribution in [0.1, 0.15) is 39.5 Å². The van der Waals surface area contributed by atoms with Crippen LogP contribution in [0.4, 0.5) is 0 Å². The SMILES string of the molecule is CC(=O)OC1(C)CCCCC1N.Cl. The van der Waals surface area contributed by atoms with Gasteiger partial charge < -0.3 is 10.5 Å². The smallest absolute Gasteiger partial charge is 0.303 e. The Bertz CT molecular complexity index is 186. The third kappa shape index (κ3) is 3.16. The lowest BCUT2D eigenvalue weighted by atomic mass is 9.82. The van der Waals surface area contributed by atoms with Crippen LogP contribution < -0.4 is 5.73 Å². The highest BCUT2D eigenvalue weighted by molar-refractivity contribution is 5.85. The Morgan fingerprint density at radius 2 is 2.15 bits per heavy atom. The Hall–Kier alpha value is -0.280. The van der Waals surface area contributed by atoms with Gasteiger partial charge in [0.15, 0.2) is 0 Å². The highest BCUT2D eigenvalue weighted by atomic mass is 35.5. The molecule has 0 aromatic rings. The van der Waals surface area contributed by atoms with E-state index in [4.69, 9.17) is 10.5 Å². The lowest BCUT2D eigenvalue weighted by Gasteiger charge is -2.38. The fourth-order valence-corrected chi connectivity index (χ4v) is 1.79. The first-order valence-corrected chi connectivity index (χ1v) is 4.50. The Balaban J connectivity index is 0.00000144. The van der Waals surface area contributed by atoms with Crippen molar-refractivity contribution >= 4 is 18.4 Å². The molecule has 1 rings (SSSR count). The number of carbonyl (C=O) groups is 1. The molecular formula is C9H18ClNO2. The molecular weight excluding hydrogens is 190 g/mol. The van der Waals surface area contributed by atoms with Gasteiger partial charge in [-0.15, -0.1) is 12.4 Å². The van der Waals surface area contributed by atoms with E-state index in [9.17, 15) is 4.79 Å². The lowest BCUT2D eigenvalue weighted by molar-refractivity contribution is -0.160. The molecule has 0 aromatic heterocycles. The van der Waals surface area contributed by atoms with Gasteiger partial charge in [0.05, 0.1) is 0 Å². The minimum absolute atomic E-state index is 0. The number of ether oxygens (including phenoxy) is 1. The first-order valence-electron chi connectivity index (χ1n) is 4.50. The van der Waals surface area contributed by atoms with Crippen molar-refractivity contribution in [3.63, 3.8) is 0 Å². The van der Waals surface area contributed by atoms with Crippen LogP contribution in [-0.2, 0) is 9.53 Å². The van der Waals surface area contributed by atoms with E-state index in [0.717, 1.165) is 25.7 Å². The summed E-state index contributed by atoms with van der Waals surface area (Å²) >= 11 is 0. The maximum Gasteiger partial charge on any atom is 0.303 e. The number of rotatable bonds is 1. The van der Waals surface area contributed by atoms with E-state index in [1.165, 1.54) is 6.92 Å². The Morgan fingerprint density at radius 1 is 1.54 bits per heavy atom. The van der Waals surface area contributed by atoms with Crippen molar-refractivity contribution in [3.8, 4) is 0 Å². The molecule has 0 spiro atoms. The zero-order valence-electron chi connectivity index (χ0n) is 8.21. The molecule has 2 atom stereocenters. The van der Waals surface area contributed by atoms with E-state index >= 15 is 0 Å². The van der Waals surface area contributed by atoms with Crippen LogP contribution in [0.15, 0.2) is 0 Å². The first-order chi connectivity index (χ1) is 5.54. The van der Waals surface area contributed by atoms with Crippen molar-refractivity contribution in [2.75, 3.05) is 0 Å². The average Bonchev–Trinajstić information content (AvgIpc) is 1.94. The summed E-state index contributed by atoms with van der Waals surface area (Å²) in [6, 6.07) is 0.00940. The molecule has 2 N–H and O–H groups in total. The van der Waals surface area contributed by atoms with Crippen LogP contribution in [-0.4, -0.2) is 17.6 Å². The summed E-state index contributed by atoms with van der Waals surface area (Å²) < 4.78 is 5.23. The second kappa shape index (κ2) is 4.82. The third-order valence-corrected chi connectivity index (χ3v) is 2.60. The molecule has 1 aliphatic rings. The van der Waals surface area contributed by atoms with Gasteiger partial charge in [0.25, 0.3) is 0 Å². The predicted octanol–water partition coefficient (Wildman–Crippen LogP) is 1.63. The summed E-state index contributed by atoms with van der Waals surface area (Å²) in [5.41, 5.74) is 5.47. The molecule has 4 heteroatoms. The fraction of sp³-hybridized carbons (Fsp3) is 0.889. The second-order valence-corrected chi connectivity index (χ2v) is 3.76. The molecule has 13 heavy (non-hydrogen) atoms. The summed E-state index contributed by atoms with van der Waals surface area (Å²) in [6.45, 7) is 3.37. The minimum Gasteiger partial charge on any atom is -0.458 e. The van der Waals surface area contributed by atoms with E-state index in [0.29, 0.717) is 0 Å². The van der Waals surface area contributed by atoms with Crippen molar-refractivity contribution in [2.24, 2.45) is 5.73 Å². The average molecular weight is 208 g/mol. The highest BCUT2D eigenvalue weighted by Gasteiger charge is 2.36. The number of hydrogen-bond acceptors (Lipinski definition) is 3. The summed E-state index contributed by atoms with van der Waals surface area (Å²) in [6.07, 6.45) is 4.12. The molecule has 0 amide bonds. The van der Waals surface area contributed by atoms with Gasteiger partial charge in [-0.2, -0.15) is 0 Å². The Labute approximate surface area is 85.4 Å². The number of nitrogens with two attached hydrogens (primary N) is 1. The van der Waals surface area contributed by atoms with Gasteiger partial charge in [-0.05, 0) is 26.2 Å². The van der Waals surface area contributed by atoms with Crippen LogP contribution in [0.3, 0.4) is 0 Å². The van der Waals surface area contributed by atoms with Crippen molar-refractivity contribution in [3.05, 3.63) is 0 Å². The van der Waals surface area contributed by atoms with Gasteiger partial charge in [0.1, 0.15) is 5.60 Å². The largest absolute Gasteiger partial charge is 0.458 e. The van der Waals surface area contributed by atoms with Crippen molar-refractivity contribution in [1.29, 1.82) is 0 Å². The molecule has 1 fully saturated rings. The molecule has 0 aromatic carbocycles. The van der Waals surface area contributed by atoms with Gasteiger partial charge in [-0.25, -0.2) is 0 Å². The minimum atomic E-state index is -0.413. The maximum atomic E-state index is 10.8. The van der Waals surface area contributed by atoms with Crippen LogP contribution in [0.5, 0.6) is 0 Å². The van der Waals surface area contributed by atoms with Crippen molar-refractivity contribution in [1.82, 2.24) is 0 Å². The van der Waals surface area contributed by atoms with E-state index < -0.39 is 5.60 Å². The maximum absolute atomic E-state index is 10.8. The van der Waals surface area contributed by atoms with Crippen molar-refractivity contribution in [2.45, 2.75) is 51.2 Å². The molecule has 0 heterocycles. The Morgan fingerprint density at radius 3 is 2.62 bits per heavy atom. The molecule has 1 saturated carbocycles. The fourth-order valence-electron chi connectivity index (χ4n) is 1.79. The van der Waals surface area contributed by atoms with Gasteiger partial charge in [-0.3, -0.25) is 4.79 Å². The highest BCUT2D eigenvalue weighted by Crippen LogP contribution is 2.30. The number of carbonyl (C=O) groups excluding carboxylic acids is 1. The van der Waals surface area contributed by atoms with Crippen LogP contribution in [0.25, 0.3) is 0 Å². The quantitative estimate of drug-likeness (QED) is 0.665. The van der Waals surface area contributed by atoms with Gasteiger partial charge in [-0.1, -0.05) is 6.42 Å². The summed E-state index contributed by atoms with van der Waals surface area (Å²) in [7, 11) is 0. The molecule has 3 nitrogen and oxygen atoms in total.